The number of thiophene rings is 1. The molecule has 6 rings (SSSR count). The van der Waals surface area contributed by atoms with E-state index in [1.54, 1.807) is 79.7 Å². The van der Waals surface area contributed by atoms with Crippen molar-refractivity contribution in [3.8, 4) is 6.07 Å². The molecular formula is C40H33ClN4O3S2. The topological polar surface area (TPSA) is 111 Å². The van der Waals surface area contributed by atoms with Gasteiger partial charge in [0.25, 0.3) is 11.8 Å². The molecule has 3 amide bonds. The monoisotopic (exact) mass is 716 g/mol. The summed E-state index contributed by atoms with van der Waals surface area (Å²) in [6.07, 6.45) is 4.15. The van der Waals surface area contributed by atoms with E-state index in [1.165, 1.54) is 34.7 Å². The second-order valence-corrected chi connectivity index (χ2v) is 14.7. The van der Waals surface area contributed by atoms with Gasteiger partial charge in [0, 0.05) is 26.0 Å². The summed E-state index contributed by atoms with van der Waals surface area (Å²) in [6, 6.07) is 35.5. The third-order valence-corrected chi connectivity index (χ3v) is 11.0. The number of nitrogens with one attached hydrogen (secondary N) is 3. The Morgan fingerprint density at radius 2 is 1.66 bits per heavy atom. The van der Waals surface area contributed by atoms with Crippen LogP contribution in [0.1, 0.15) is 56.8 Å². The highest BCUT2D eigenvalue weighted by Gasteiger charge is 2.28. The number of fused-ring (bicyclic) bond motifs is 1. The Labute approximate surface area is 304 Å². The second kappa shape index (κ2) is 16.0. The smallest absolute Gasteiger partial charge is 0.272 e. The molecule has 0 fully saturated rings. The largest absolute Gasteiger partial charge is 0.321 e. The van der Waals surface area contributed by atoms with Crippen LogP contribution >= 0.6 is 34.7 Å². The maximum Gasteiger partial charge on any atom is 0.272 e. The van der Waals surface area contributed by atoms with Crippen molar-refractivity contribution in [2.24, 2.45) is 0 Å². The molecule has 0 saturated carbocycles. The first-order valence-electron chi connectivity index (χ1n) is 16.1. The molecule has 1 aliphatic carbocycles. The zero-order valence-corrected chi connectivity index (χ0v) is 29.5. The molecule has 1 aromatic heterocycles. The van der Waals surface area contributed by atoms with Gasteiger partial charge in [-0.1, -0.05) is 84.4 Å². The van der Waals surface area contributed by atoms with Gasteiger partial charge in [-0.3, -0.25) is 14.4 Å². The number of carbonyl (C=O) groups is 3. The lowest BCUT2D eigenvalue weighted by molar-refractivity contribution is -0.115. The minimum atomic E-state index is -0.539. The standard InChI is InChI=1S/C40H33ClN4O3S2/c1-25(37(46)45-40-33(24-42)32-20-19-28(22-36(32)50-40)26-11-4-2-5-12-26)49-31-17-10-16-30(23-31)43-39(48)35(21-29-15-8-9-18-34(29)41)44-38(47)27-13-6-3-7-14-27/h2-18,21,23,25,28H,19-20,22H2,1H3,(H,43,48)(H,44,47)(H,45,46)/b35-21+. The Balaban J connectivity index is 1.13. The van der Waals surface area contributed by atoms with E-state index in [-0.39, 0.29) is 11.6 Å². The van der Waals surface area contributed by atoms with Crippen LogP contribution in [0.4, 0.5) is 10.7 Å². The van der Waals surface area contributed by atoms with Crippen LogP contribution in [-0.4, -0.2) is 23.0 Å². The molecule has 0 spiro atoms. The van der Waals surface area contributed by atoms with Crippen molar-refractivity contribution in [2.45, 2.75) is 42.2 Å². The van der Waals surface area contributed by atoms with Crippen LogP contribution < -0.4 is 16.0 Å². The number of hydrogen-bond acceptors (Lipinski definition) is 6. The Bertz CT molecular complexity index is 2110. The first kappa shape index (κ1) is 34.7. The predicted octanol–water partition coefficient (Wildman–Crippen LogP) is 9.07. The molecule has 0 saturated heterocycles. The maximum atomic E-state index is 13.6. The van der Waals surface area contributed by atoms with Gasteiger partial charge in [-0.15, -0.1) is 23.1 Å². The van der Waals surface area contributed by atoms with Crippen LogP contribution in [0.15, 0.2) is 120 Å². The van der Waals surface area contributed by atoms with Gasteiger partial charge >= 0.3 is 0 Å². The molecule has 5 aromatic rings. The molecule has 3 N–H and O–H groups in total. The number of halogens is 1. The molecule has 2 unspecified atom stereocenters. The summed E-state index contributed by atoms with van der Waals surface area (Å²) >= 11 is 9.20. The van der Waals surface area contributed by atoms with Crippen LogP contribution in [0.2, 0.25) is 5.02 Å². The number of anilines is 2. The van der Waals surface area contributed by atoms with Gasteiger partial charge < -0.3 is 16.0 Å². The molecule has 7 nitrogen and oxygen atoms in total. The first-order valence-corrected chi connectivity index (χ1v) is 18.2. The minimum absolute atomic E-state index is 0.0137. The van der Waals surface area contributed by atoms with Gasteiger partial charge in [-0.05, 0) is 91.3 Å². The molecule has 0 aliphatic heterocycles. The van der Waals surface area contributed by atoms with Gasteiger partial charge in [-0.2, -0.15) is 5.26 Å². The number of nitriles is 1. The summed E-state index contributed by atoms with van der Waals surface area (Å²) in [6.45, 7) is 1.81. The van der Waals surface area contributed by atoms with E-state index >= 15 is 0 Å². The summed E-state index contributed by atoms with van der Waals surface area (Å²) in [5.41, 5.74) is 4.37. The fourth-order valence-corrected chi connectivity index (χ4v) is 8.21. The zero-order valence-electron chi connectivity index (χ0n) is 27.1. The Kier molecular flexibility index (Phi) is 11.1. The summed E-state index contributed by atoms with van der Waals surface area (Å²) in [5, 5.41) is 19.2. The molecule has 50 heavy (non-hydrogen) atoms. The predicted molar refractivity (Wildman–Crippen MR) is 203 cm³/mol. The fourth-order valence-electron chi connectivity index (χ4n) is 5.81. The number of amides is 3. The highest BCUT2D eigenvalue weighted by Crippen LogP contribution is 2.42. The van der Waals surface area contributed by atoms with Gasteiger partial charge in [0.1, 0.15) is 16.8 Å². The molecule has 250 valence electrons. The van der Waals surface area contributed by atoms with Crippen LogP contribution in [-0.2, 0) is 22.4 Å². The number of nitrogens with zero attached hydrogens (tertiary/aromatic N) is 1. The van der Waals surface area contributed by atoms with Gasteiger partial charge in [0.15, 0.2) is 0 Å². The number of carbonyl (C=O) groups excluding carboxylic acids is 3. The lowest BCUT2D eigenvalue weighted by Gasteiger charge is -2.22. The van der Waals surface area contributed by atoms with E-state index in [2.05, 4.69) is 46.3 Å². The molecule has 0 bridgehead atoms. The van der Waals surface area contributed by atoms with E-state index in [4.69, 9.17) is 11.6 Å². The number of rotatable bonds is 10. The molecule has 0 radical (unpaired) electrons. The highest BCUT2D eigenvalue weighted by atomic mass is 35.5. The molecule has 4 aromatic carbocycles. The summed E-state index contributed by atoms with van der Waals surface area (Å²) < 4.78 is 0. The second-order valence-electron chi connectivity index (χ2n) is 11.8. The average Bonchev–Trinajstić information content (AvgIpc) is 3.49. The minimum Gasteiger partial charge on any atom is -0.321 e. The maximum absolute atomic E-state index is 13.6. The van der Waals surface area contributed by atoms with Crippen molar-refractivity contribution < 1.29 is 14.4 Å². The highest BCUT2D eigenvalue weighted by molar-refractivity contribution is 8.00. The van der Waals surface area contributed by atoms with Crippen molar-refractivity contribution in [1.29, 1.82) is 5.26 Å². The van der Waals surface area contributed by atoms with Crippen LogP contribution in [0.3, 0.4) is 0 Å². The van der Waals surface area contributed by atoms with Gasteiger partial charge in [0.2, 0.25) is 5.91 Å². The number of thioether (sulfide) groups is 1. The molecule has 10 heteroatoms. The van der Waals surface area contributed by atoms with Crippen molar-refractivity contribution in [3.05, 3.63) is 153 Å². The van der Waals surface area contributed by atoms with Crippen LogP contribution in [0, 0.1) is 11.3 Å². The summed E-state index contributed by atoms with van der Waals surface area (Å²) in [4.78, 5) is 41.9. The fraction of sp³-hybridized carbons (Fsp3) is 0.150. The zero-order chi connectivity index (χ0) is 35.0. The summed E-state index contributed by atoms with van der Waals surface area (Å²) in [5.74, 6) is -0.803. The van der Waals surface area contributed by atoms with Crippen molar-refractivity contribution in [2.75, 3.05) is 10.6 Å². The Morgan fingerprint density at radius 1 is 0.940 bits per heavy atom. The van der Waals surface area contributed by atoms with Gasteiger partial charge in [-0.25, -0.2) is 0 Å². The average molecular weight is 717 g/mol. The molecular weight excluding hydrogens is 684 g/mol. The first-order chi connectivity index (χ1) is 24.3. The van der Waals surface area contributed by atoms with Crippen LogP contribution in [0.5, 0.6) is 0 Å². The van der Waals surface area contributed by atoms with Crippen molar-refractivity contribution in [1.82, 2.24) is 5.32 Å². The quantitative estimate of drug-likeness (QED) is 0.0987. The van der Waals surface area contributed by atoms with E-state index in [0.717, 1.165) is 34.6 Å². The van der Waals surface area contributed by atoms with Crippen molar-refractivity contribution >= 4 is 69.2 Å². The van der Waals surface area contributed by atoms with Crippen molar-refractivity contribution in [3.63, 3.8) is 0 Å². The van der Waals surface area contributed by atoms with E-state index < -0.39 is 17.1 Å². The van der Waals surface area contributed by atoms with Gasteiger partial charge in [0.05, 0.1) is 10.8 Å². The third kappa shape index (κ3) is 8.35. The number of benzene rings is 4. The molecule has 2 atom stereocenters. The molecule has 1 heterocycles. The molecule has 1 aliphatic rings. The lowest BCUT2D eigenvalue weighted by Crippen LogP contribution is -2.30. The van der Waals surface area contributed by atoms with E-state index in [9.17, 15) is 19.6 Å². The SMILES string of the molecule is CC(Sc1cccc(NC(=O)/C(=C\c2ccccc2Cl)NC(=O)c2ccccc2)c1)C(=O)Nc1sc2c(c1C#N)CCC(c1ccccc1)C2. The van der Waals surface area contributed by atoms with E-state index in [0.29, 0.717) is 38.3 Å². The Hall–Kier alpha value is -5.14. The summed E-state index contributed by atoms with van der Waals surface area (Å²) in [7, 11) is 0. The van der Waals surface area contributed by atoms with E-state index in [1.807, 2.05) is 12.1 Å². The Morgan fingerprint density at radius 3 is 2.40 bits per heavy atom. The number of hydrogen-bond donors (Lipinski definition) is 3. The normalized spacial score (nSPS) is 14.5. The lowest BCUT2D eigenvalue weighted by atomic mass is 9.83. The third-order valence-electron chi connectivity index (χ3n) is 8.39. The van der Waals surface area contributed by atoms with Crippen LogP contribution in [0.25, 0.3) is 6.08 Å².